The van der Waals surface area contributed by atoms with Crippen molar-refractivity contribution < 1.29 is 9.53 Å². The fraction of sp³-hybridized carbons (Fsp3) is 0.429. The zero-order chi connectivity index (χ0) is 9.68. The summed E-state index contributed by atoms with van der Waals surface area (Å²) in [6, 6.07) is 0. The SMILES string of the molecule is CCOC(=O)Cc1ncnc(=O)[nH]1. The Balaban J connectivity index is 2.64. The lowest BCUT2D eigenvalue weighted by Crippen LogP contribution is -2.17. The van der Waals surface area contributed by atoms with Gasteiger partial charge in [-0.15, -0.1) is 0 Å². The highest BCUT2D eigenvalue weighted by Gasteiger charge is 2.05. The number of hydrogen-bond acceptors (Lipinski definition) is 5. The van der Waals surface area contributed by atoms with Gasteiger partial charge in [-0.1, -0.05) is 0 Å². The average molecular weight is 183 g/mol. The van der Waals surface area contributed by atoms with Gasteiger partial charge in [-0.05, 0) is 6.92 Å². The predicted octanol–water partition coefficient (Wildman–Crippen LogP) is -0.730. The molecule has 6 heteroatoms. The smallest absolute Gasteiger partial charge is 0.347 e. The van der Waals surface area contributed by atoms with Gasteiger partial charge in [-0.2, -0.15) is 4.98 Å². The van der Waals surface area contributed by atoms with Crippen LogP contribution in [0.5, 0.6) is 0 Å². The largest absolute Gasteiger partial charge is 0.466 e. The van der Waals surface area contributed by atoms with Crippen molar-refractivity contribution in [2.45, 2.75) is 13.3 Å². The fourth-order valence-electron chi connectivity index (χ4n) is 0.778. The van der Waals surface area contributed by atoms with Crippen LogP contribution in [0.2, 0.25) is 0 Å². The molecule has 0 unspecified atom stereocenters. The summed E-state index contributed by atoms with van der Waals surface area (Å²) in [5, 5.41) is 0. The topological polar surface area (TPSA) is 84.9 Å². The van der Waals surface area contributed by atoms with Crippen LogP contribution in [0.4, 0.5) is 0 Å². The fourth-order valence-corrected chi connectivity index (χ4v) is 0.778. The number of carbonyl (C=O) groups excluding carboxylic acids is 1. The maximum absolute atomic E-state index is 10.9. The van der Waals surface area contributed by atoms with Gasteiger partial charge in [0, 0.05) is 0 Å². The second-order valence-corrected chi connectivity index (χ2v) is 2.23. The molecule has 13 heavy (non-hydrogen) atoms. The van der Waals surface area contributed by atoms with E-state index in [0.29, 0.717) is 6.61 Å². The monoisotopic (exact) mass is 183 g/mol. The van der Waals surface area contributed by atoms with Gasteiger partial charge in [0.2, 0.25) is 0 Å². The number of ether oxygens (including phenoxy) is 1. The van der Waals surface area contributed by atoms with Gasteiger partial charge in [-0.25, -0.2) is 9.78 Å². The van der Waals surface area contributed by atoms with Crippen LogP contribution >= 0.6 is 0 Å². The van der Waals surface area contributed by atoms with E-state index < -0.39 is 11.7 Å². The number of rotatable bonds is 3. The Bertz CT molecular complexity index is 347. The molecule has 0 aliphatic heterocycles. The first-order valence-electron chi connectivity index (χ1n) is 3.78. The number of esters is 1. The maximum atomic E-state index is 10.9. The van der Waals surface area contributed by atoms with E-state index in [9.17, 15) is 9.59 Å². The van der Waals surface area contributed by atoms with Crippen molar-refractivity contribution in [3.8, 4) is 0 Å². The minimum absolute atomic E-state index is 0.0361. The van der Waals surface area contributed by atoms with Crippen molar-refractivity contribution in [2.24, 2.45) is 0 Å². The molecule has 0 amide bonds. The number of nitrogens with one attached hydrogen (secondary N) is 1. The van der Waals surface area contributed by atoms with Crippen molar-refractivity contribution in [2.75, 3.05) is 6.61 Å². The Labute approximate surface area is 74.0 Å². The van der Waals surface area contributed by atoms with Crippen molar-refractivity contribution in [1.82, 2.24) is 15.0 Å². The normalized spacial score (nSPS) is 9.62. The Kier molecular flexibility index (Phi) is 3.13. The summed E-state index contributed by atoms with van der Waals surface area (Å²) in [7, 11) is 0. The highest BCUT2D eigenvalue weighted by Crippen LogP contribution is 1.88. The molecule has 1 rings (SSSR count). The van der Waals surface area contributed by atoms with Crippen LogP contribution in [-0.2, 0) is 16.0 Å². The number of aromatic nitrogens is 3. The standard InChI is InChI=1S/C7H9N3O3/c1-2-13-6(11)3-5-8-4-9-7(12)10-5/h4H,2-3H2,1H3,(H,8,9,10,12). The molecule has 1 aromatic rings. The first-order chi connectivity index (χ1) is 6.22. The van der Waals surface area contributed by atoms with Gasteiger partial charge in [0.25, 0.3) is 0 Å². The summed E-state index contributed by atoms with van der Waals surface area (Å²) in [5.41, 5.74) is -0.519. The lowest BCUT2D eigenvalue weighted by molar-refractivity contribution is -0.142. The van der Waals surface area contributed by atoms with E-state index in [0.717, 1.165) is 6.33 Å². The highest BCUT2D eigenvalue weighted by molar-refractivity contribution is 5.71. The van der Waals surface area contributed by atoms with E-state index in [1.54, 1.807) is 6.92 Å². The predicted molar refractivity (Wildman–Crippen MR) is 43.0 cm³/mol. The molecule has 6 nitrogen and oxygen atoms in total. The van der Waals surface area contributed by atoms with Gasteiger partial charge >= 0.3 is 11.7 Å². The van der Waals surface area contributed by atoms with Gasteiger partial charge in [0.1, 0.15) is 18.6 Å². The Morgan fingerprint density at radius 2 is 2.38 bits per heavy atom. The van der Waals surface area contributed by atoms with Crippen LogP contribution in [-0.4, -0.2) is 27.5 Å². The van der Waals surface area contributed by atoms with Crippen molar-refractivity contribution in [3.63, 3.8) is 0 Å². The molecular weight excluding hydrogens is 174 g/mol. The molecule has 1 N–H and O–H groups in total. The summed E-state index contributed by atoms with van der Waals surface area (Å²) in [6.45, 7) is 2.02. The van der Waals surface area contributed by atoms with Crippen molar-refractivity contribution >= 4 is 5.97 Å². The molecule has 70 valence electrons. The van der Waals surface area contributed by atoms with E-state index in [4.69, 9.17) is 0 Å². The summed E-state index contributed by atoms with van der Waals surface area (Å²) in [4.78, 5) is 30.9. The summed E-state index contributed by atoms with van der Waals surface area (Å²) < 4.78 is 4.66. The quantitative estimate of drug-likeness (QED) is 0.624. The Morgan fingerprint density at radius 1 is 1.62 bits per heavy atom. The van der Waals surface area contributed by atoms with Gasteiger partial charge in [-0.3, -0.25) is 9.78 Å². The number of aromatic amines is 1. The molecule has 0 aromatic carbocycles. The zero-order valence-corrected chi connectivity index (χ0v) is 7.11. The lowest BCUT2D eigenvalue weighted by Gasteiger charge is -1.99. The summed E-state index contributed by atoms with van der Waals surface area (Å²) in [5.74, 6) is -0.157. The van der Waals surface area contributed by atoms with Crippen LogP contribution in [0.15, 0.2) is 11.1 Å². The molecule has 0 bridgehead atoms. The second kappa shape index (κ2) is 4.34. The van der Waals surface area contributed by atoms with E-state index in [2.05, 4.69) is 19.7 Å². The second-order valence-electron chi connectivity index (χ2n) is 2.23. The van der Waals surface area contributed by atoms with Gasteiger partial charge in [0.15, 0.2) is 0 Å². The Hall–Kier alpha value is -1.72. The molecule has 0 fully saturated rings. The Morgan fingerprint density at radius 3 is 3.00 bits per heavy atom. The number of H-pyrrole nitrogens is 1. The molecular formula is C7H9N3O3. The molecule has 0 saturated heterocycles. The van der Waals surface area contributed by atoms with Crippen LogP contribution in [0.25, 0.3) is 0 Å². The van der Waals surface area contributed by atoms with E-state index >= 15 is 0 Å². The van der Waals surface area contributed by atoms with Crippen LogP contribution in [0.3, 0.4) is 0 Å². The molecule has 0 radical (unpaired) electrons. The molecule has 1 heterocycles. The zero-order valence-electron chi connectivity index (χ0n) is 7.11. The third-order valence-corrected chi connectivity index (χ3v) is 1.26. The van der Waals surface area contributed by atoms with Crippen LogP contribution in [0.1, 0.15) is 12.7 Å². The lowest BCUT2D eigenvalue weighted by atomic mass is 10.4. The highest BCUT2D eigenvalue weighted by atomic mass is 16.5. The van der Waals surface area contributed by atoms with E-state index in [1.807, 2.05) is 0 Å². The minimum atomic E-state index is -0.519. The minimum Gasteiger partial charge on any atom is -0.466 e. The van der Waals surface area contributed by atoms with Crippen LogP contribution < -0.4 is 5.69 Å². The van der Waals surface area contributed by atoms with Gasteiger partial charge in [0.05, 0.1) is 6.61 Å². The van der Waals surface area contributed by atoms with Crippen LogP contribution in [0, 0.1) is 0 Å². The maximum Gasteiger partial charge on any atom is 0.347 e. The number of nitrogens with zero attached hydrogens (tertiary/aromatic N) is 2. The number of hydrogen-bond donors (Lipinski definition) is 1. The van der Waals surface area contributed by atoms with Gasteiger partial charge < -0.3 is 4.74 Å². The molecule has 1 aromatic heterocycles. The van der Waals surface area contributed by atoms with Crippen molar-refractivity contribution in [1.29, 1.82) is 0 Å². The number of carbonyl (C=O) groups is 1. The molecule has 0 aliphatic carbocycles. The third-order valence-electron chi connectivity index (χ3n) is 1.26. The van der Waals surface area contributed by atoms with Crippen molar-refractivity contribution in [3.05, 3.63) is 22.6 Å². The first kappa shape index (κ1) is 9.37. The summed E-state index contributed by atoms with van der Waals surface area (Å²) in [6.07, 6.45) is 1.07. The van der Waals surface area contributed by atoms with E-state index in [-0.39, 0.29) is 12.2 Å². The molecule has 0 saturated carbocycles. The third kappa shape index (κ3) is 3.02. The van der Waals surface area contributed by atoms with E-state index in [1.165, 1.54) is 0 Å². The molecule has 0 atom stereocenters. The molecule has 0 spiro atoms. The summed E-state index contributed by atoms with van der Waals surface area (Å²) >= 11 is 0. The first-order valence-corrected chi connectivity index (χ1v) is 3.78. The average Bonchev–Trinajstić information content (AvgIpc) is 2.04. The molecule has 0 aliphatic rings.